The van der Waals surface area contributed by atoms with E-state index in [0.29, 0.717) is 17.3 Å². The number of hydrogen-bond donors (Lipinski definition) is 1. The molecule has 1 N–H and O–H groups in total. The van der Waals surface area contributed by atoms with Crippen molar-refractivity contribution in [3.05, 3.63) is 40.2 Å². The van der Waals surface area contributed by atoms with Crippen molar-refractivity contribution in [2.75, 3.05) is 11.9 Å². The van der Waals surface area contributed by atoms with Gasteiger partial charge in [-0.3, -0.25) is 9.69 Å². The van der Waals surface area contributed by atoms with Crippen LogP contribution in [0.2, 0.25) is 0 Å². The Balaban J connectivity index is 1.96. The highest BCUT2D eigenvalue weighted by molar-refractivity contribution is 5.92. The molecule has 1 amide bonds. The van der Waals surface area contributed by atoms with E-state index in [1.807, 2.05) is 12.1 Å². The largest absolute Gasteiger partial charge is 0.423 e. The van der Waals surface area contributed by atoms with Gasteiger partial charge in [0.05, 0.1) is 0 Å². The average molecular weight is 314 g/mol. The average Bonchev–Trinajstić information content (AvgIpc) is 2.48. The zero-order valence-corrected chi connectivity index (χ0v) is 13.6. The molecule has 122 valence electrons. The molecule has 1 fully saturated rings. The molecular weight excluding hydrogens is 292 g/mol. The fraction of sp³-hybridized carbons (Fsp3) is 0.444. The Morgan fingerprint density at radius 2 is 2.17 bits per heavy atom. The second-order valence-corrected chi connectivity index (χ2v) is 6.30. The van der Waals surface area contributed by atoms with Crippen molar-refractivity contribution in [3.8, 4) is 0 Å². The molecule has 0 radical (unpaired) electrons. The summed E-state index contributed by atoms with van der Waals surface area (Å²) in [4.78, 5) is 25.5. The SMILES string of the molecule is CC(=O)Nc1ccc2c(CN3CCCCC3C)cc(=O)oc2c1. The fourth-order valence-electron chi connectivity index (χ4n) is 3.25. The van der Waals surface area contributed by atoms with E-state index < -0.39 is 0 Å². The lowest BCUT2D eigenvalue weighted by Crippen LogP contribution is -2.36. The zero-order valence-electron chi connectivity index (χ0n) is 13.6. The molecular formula is C18H22N2O3. The van der Waals surface area contributed by atoms with E-state index in [2.05, 4.69) is 17.1 Å². The lowest BCUT2D eigenvalue weighted by molar-refractivity contribution is -0.114. The van der Waals surface area contributed by atoms with E-state index in [1.165, 1.54) is 26.2 Å². The maximum atomic E-state index is 11.9. The molecule has 0 saturated carbocycles. The summed E-state index contributed by atoms with van der Waals surface area (Å²) in [6.07, 6.45) is 3.68. The number of hydrogen-bond acceptors (Lipinski definition) is 4. The van der Waals surface area contributed by atoms with E-state index >= 15 is 0 Å². The number of carbonyl (C=O) groups is 1. The standard InChI is InChI=1S/C18H22N2O3/c1-12-5-3-4-8-20(12)11-14-9-18(22)23-17-10-15(19-13(2)21)6-7-16(14)17/h6-7,9-10,12H,3-5,8,11H2,1-2H3,(H,19,21). The first-order valence-electron chi connectivity index (χ1n) is 8.11. The maximum absolute atomic E-state index is 11.9. The number of benzene rings is 1. The van der Waals surface area contributed by atoms with Gasteiger partial charge in [0.15, 0.2) is 0 Å². The first-order valence-corrected chi connectivity index (χ1v) is 8.11. The molecule has 5 nitrogen and oxygen atoms in total. The Hall–Kier alpha value is -2.14. The Labute approximate surface area is 135 Å². The molecule has 1 saturated heterocycles. The van der Waals surface area contributed by atoms with Gasteiger partial charge < -0.3 is 9.73 Å². The molecule has 0 spiro atoms. The van der Waals surface area contributed by atoms with Crippen molar-refractivity contribution in [3.63, 3.8) is 0 Å². The number of nitrogens with one attached hydrogen (secondary N) is 1. The number of likely N-dealkylation sites (tertiary alicyclic amines) is 1. The van der Waals surface area contributed by atoms with Gasteiger partial charge in [-0.1, -0.05) is 6.42 Å². The summed E-state index contributed by atoms with van der Waals surface area (Å²) in [7, 11) is 0. The molecule has 1 unspecified atom stereocenters. The fourth-order valence-corrected chi connectivity index (χ4v) is 3.25. The molecule has 1 aliphatic rings. The Morgan fingerprint density at radius 1 is 1.35 bits per heavy atom. The summed E-state index contributed by atoms with van der Waals surface area (Å²) < 4.78 is 5.32. The predicted octanol–water partition coefficient (Wildman–Crippen LogP) is 3.13. The number of piperidine rings is 1. The molecule has 23 heavy (non-hydrogen) atoms. The van der Waals surface area contributed by atoms with Crippen LogP contribution in [0.4, 0.5) is 5.69 Å². The van der Waals surface area contributed by atoms with Crippen LogP contribution in [0, 0.1) is 0 Å². The maximum Gasteiger partial charge on any atom is 0.336 e. The van der Waals surface area contributed by atoms with Gasteiger partial charge in [-0.2, -0.15) is 0 Å². The molecule has 2 aromatic rings. The second-order valence-electron chi connectivity index (χ2n) is 6.30. The van der Waals surface area contributed by atoms with Crippen LogP contribution < -0.4 is 10.9 Å². The van der Waals surface area contributed by atoms with Crippen molar-refractivity contribution >= 4 is 22.6 Å². The van der Waals surface area contributed by atoms with Crippen molar-refractivity contribution in [2.24, 2.45) is 0 Å². The summed E-state index contributed by atoms with van der Waals surface area (Å²) in [5.41, 5.74) is 1.79. The van der Waals surface area contributed by atoms with E-state index in [9.17, 15) is 9.59 Å². The van der Waals surface area contributed by atoms with Crippen LogP contribution in [0.1, 0.15) is 38.7 Å². The van der Waals surface area contributed by atoms with Crippen molar-refractivity contribution in [1.82, 2.24) is 4.90 Å². The van der Waals surface area contributed by atoms with Gasteiger partial charge in [-0.25, -0.2) is 4.79 Å². The summed E-state index contributed by atoms with van der Waals surface area (Å²) in [6, 6.07) is 7.58. The molecule has 1 atom stereocenters. The van der Waals surface area contributed by atoms with Crippen LogP contribution >= 0.6 is 0 Å². The molecule has 1 aromatic carbocycles. The van der Waals surface area contributed by atoms with Crippen LogP contribution in [0.25, 0.3) is 11.0 Å². The smallest absolute Gasteiger partial charge is 0.336 e. The first kappa shape index (κ1) is 15.7. The summed E-state index contributed by atoms with van der Waals surface area (Å²) >= 11 is 0. The van der Waals surface area contributed by atoms with E-state index in [0.717, 1.165) is 24.0 Å². The summed E-state index contributed by atoms with van der Waals surface area (Å²) in [6.45, 7) is 5.51. The lowest BCUT2D eigenvalue weighted by Gasteiger charge is -2.33. The van der Waals surface area contributed by atoms with Crippen LogP contribution in [-0.4, -0.2) is 23.4 Å². The monoisotopic (exact) mass is 314 g/mol. The summed E-state index contributed by atoms with van der Waals surface area (Å²) in [5, 5.41) is 3.64. The van der Waals surface area contributed by atoms with Crippen molar-refractivity contribution < 1.29 is 9.21 Å². The third-order valence-corrected chi connectivity index (χ3v) is 4.46. The Kier molecular flexibility index (Phi) is 4.48. The molecule has 1 aromatic heterocycles. The number of nitrogens with zero attached hydrogens (tertiary/aromatic N) is 1. The van der Waals surface area contributed by atoms with Gasteiger partial charge in [-0.15, -0.1) is 0 Å². The van der Waals surface area contributed by atoms with Crippen LogP contribution in [0.5, 0.6) is 0 Å². The van der Waals surface area contributed by atoms with Gasteiger partial charge in [-0.05, 0) is 44.0 Å². The quantitative estimate of drug-likeness (QED) is 0.884. The third kappa shape index (κ3) is 3.62. The minimum Gasteiger partial charge on any atom is -0.423 e. The summed E-state index contributed by atoms with van der Waals surface area (Å²) in [5.74, 6) is -0.148. The Morgan fingerprint density at radius 3 is 2.91 bits per heavy atom. The highest BCUT2D eigenvalue weighted by Crippen LogP contribution is 2.25. The van der Waals surface area contributed by atoms with E-state index in [4.69, 9.17) is 4.42 Å². The first-order chi connectivity index (χ1) is 11.0. The van der Waals surface area contributed by atoms with Crippen LogP contribution in [0.15, 0.2) is 33.5 Å². The van der Waals surface area contributed by atoms with Gasteiger partial charge in [0, 0.05) is 42.7 Å². The minimum atomic E-state index is -0.350. The number of carbonyl (C=O) groups excluding carboxylic acids is 1. The van der Waals surface area contributed by atoms with E-state index in [1.54, 1.807) is 12.1 Å². The molecule has 0 bridgehead atoms. The van der Waals surface area contributed by atoms with Crippen molar-refractivity contribution in [2.45, 2.75) is 45.7 Å². The zero-order chi connectivity index (χ0) is 16.4. The number of amides is 1. The normalized spacial score (nSPS) is 19.0. The molecule has 5 heteroatoms. The van der Waals surface area contributed by atoms with E-state index in [-0.39, 0.29) is 11.5 Å². The van der Waals surface area contributed by atoms with Gasteiger partial charge in [0.25, 0.3) is 0 Å². The van der Waals surface area contributed by atoms with Crippen LogP contribution in [0.3, 0.4) is 0 Å². The highest BCUT2D eigenvalue weighted by Gasteiger charge is 2.19. The molecule has 3 rings (SSSR count). The predicted molar refractivity (Wildman–Crippen MR) is 90.5 cm³/mol. The lowest BCUT2D eigenvalue weighted by atomic mass is 10.0. The number of anilines is 1. The Bertz CT molecular complexity index is 781. The topological polar surface area (TPSA) is 62.6 Å². The van der Waals surface area contributed by atoms with Crippen molar-refractivity contribution in [1.29, 1.82) is 0 Å². The highest BCUT2D eigenvalue weighted by atomic mass is 16.4. The minimum absolute atomic E-state index is 0.148. The van der Waals surface area contributed by atoms with Crippen LogP contribution in [-0.2, 0) is 11.3 Å². The molecule has 1 aliphatic heterocycles. The second kappa shape index (κ2) is 6.54. The number of fused-ring (bicyclic) bond motifs is 1. The van der Waals surface area contributed by atoms with Gasteiger partial charge in [0.2, 0.25) is 5.91 Å². The van der Waals surface area contributed by atoms with Gasteiger partial charge in [0.1, 0.15) is 5.58 Å². The third-order valence-electron chi connectivity index (χ3n) is 4.46. The molecule has 2 heterocycles. The van der Waals surface area contributed by atoms with Gasteiger partial charge >= 0.3 is 5.63 Å². The number of rotatable bonds is 3. The molecule has 0 aliphatic carbocycles.